The van der Waals surface area contributed by atoms with Crippen LogP contribution in [-0.4, -0.2) is 51.8 Å². The van der Waals surface area contributed by atoms with Crippen molar-refractivity contribution in [3.8, 4) is 0 Å². The zero-order chi connectivity index (χ0) is 28.0. The Kier molecular flexibility index (Phi) is 9.86. The van der Waals surface area contributed by atoms with Crippen LogP contribution in [0.4, 0.5) is 11.4 Å². The second-order valence-corrected chi connectivity index (χ2v) is 16.2. The summed E-state index contributed by atoms with van der Waals surface area (Å²) in [4.78, 5) is 42.5. The number of ether oxygens (including phenoxy) is 1. The Balaban J connectivity index is 1.83. The molecule has 2 N–H and O–H groups in total. The van der Waals surface area contributed by atoms with Crippen LogP contribution in [0.1, 0.15) is 47.1 Å². The number of hydrogen-bond donors (Lipinski definition) is 1. The predicted molar refractivity (Wildman–Crippen MR) is 152 cm³/mol. The van der Waals surface area contributed by atoms with Crippen molar-refractivity contribution in [1.82, 2.24) is 0 Å². The predicted octanol–water partition coefficient (Wildman–Crippen LogP) is 4.63. The van der Waals surface area contributed by atoms with Gasteiger partial charge in [-0.15, -0.1) is 0 Å². The maximum absolute atomic E-state index is 13.6. The Labute approximate surface area is 227 Å². The summed E-state index contributed by atoms with van der Waals surface area (Å²) in [5, 5.41) is 0. The number of nitrogens with zero attached hydrogens (tertiary/aromatic N) is 2. The molecule has 1 aliphatic rings. The molecule has 0 unspecified atom stereocenters. The second-order valence-electron chi connectivity index (χ2n) is 10.8. The summed E-state index contributed by atoms with van der Waals surface area (Å²) in [5.74, 6) is -1.26. The number of esters is 1. The van der Waals surface area contributed by atoms with E-state index in [-0.39, 0.29) is 32.2 Å². The molecule has 38 heavy (non-hydrogen) atoms. The highest BCUT2D eigenvalue weighted by molar-refractivity contribution is 6.77. The number of fused-ring (bicyclic) bond motifs is 1. The van der Waals surface area contributed by atoms with Crippen LogP contribution < -0.4 is 15.5 Å². The number of carbonyl (C=O) groups excluding carboxylic acids is 3. The first kappa shape index (κ1) is 29.5. The molecular formula is C29H41N3O5Si. The van der Waals surface area contributed by atoms with E-state index in [0.717, 1.165) is 5.56 Å². The van der Waals surface area contributed by atoms with E-state index >= 15 is 0 Å². The van der Waals surface area contributed by atoms with Gasteiger partial charge in [0.2, 0.25) is 14.2 Å². The van der Waals surface area contributed by atoms with E-state index in [1.807, 2.05) is 30.3 Å². The minimum Gasteiger partial charge on any atom is -0.459 e. The molecule has 0 saturated heterocycles. The Morgan fingerprint density at radius 1 is 0.921 bits per heavy atom. The van der Waals surface area contributed by atoms with Crippen molar-refractivity contribution in [1.29, 1.82) is 0 Å². The maximum atomic E-state index is 13.6. The fraction of sp³-hybridized carbons (Fsp3) is 0.483. The molecular weight excluding hydrogens is 498 g/mol. The molecule has 9 heteroatoms. The smallest absolute Gasteiger partial charge is 0.326 e. The molecule has 2 aromatic rings. The Morgan fingerprint density at radius 2 is 1.47 bits per heavy atom. The van der Waals surface area contributed by atoms with E-state index in [0.29, 0.717) is 28.0 Å². The van der Waals surface area contributed by atoms with Gasteiger partial charge in [-0.25, -0.2) is 0 Å². The number of hydrogen-bond acceptors (Lipinski definition) is 6. The van der Waals surface area contributed by atoms with Gasteiger partial charge in [-0.2, -0.15) is 0 Å². The highest BCUT2D eigenvalue weighted by Crippen LogP contribution is 2.42. The number of nitrogens with two attached hydrogens (primary N) is 1. The first-order valence-corrected chi connectivity index (χ1v) is 15.4. The lowest BCUT2D eigenvalue weighted by Crippen LogP contribution is -2.52. The molecule has 206 valence electrons. The molecule has 0 bridgehead atoms. The standard InChI is InChI=1S/C29H41N3O5Si/c1-20(2)38(21(3)4,22(5)6)37-19-27(33)31-16-24(30)29(35)32(26-15-11-10-14-25(26)31)17-28(34)36-18-23-12-8-7-9-13-23/h7-15,20-22,24H,16-19,30H2,1-6H3/t24-/m0/s1. The van der Waals surface area contributed by atoms with Crippen molar-refractivity contribution < 1.29 is 23.5 Å². The number of amides is 2. The summed E-state index contributed by atoms with van der Waals surface area (Å²) < 4.78 is 12.0. The molecule has 2 aromatic carbocycles. The lowest BCUT2D eigenvalue weighted by molar-refractivity contribution is -0.144. The van der Waals surface area contributed by atoms with Gasteiger partial charge in [0, 0.05) is 0 Å². The Bertz CT molecular complexity index is 1100. The van der Waals surface area contributed by atoms with Crippen molar-refractivity contribution in [2.75, 3.05) is 29.5 Å². The third kappa shape index (κ3) is 6.34. The van der Waals surface area contributed by atoms with Crippen LogP contribution in [0.2, 0.25) is 16.6 Å². The number of anilines is 2. The normalized spacial score (nSPS) is 16.2. The topological polar surface area (TPSA) is 102 Å². The third-order valence-corrected chi connectivity index (χ3v) is 13.5. The summed E-state index contributed by atoms with van der Waals surface area (Å²) in [7, 11) is -2.28. The van der Waals surface area contributed by atoms with Gasteiger partial charge >= 0.3 is 5.97 Å². The molecule has 1 heterocycles. The van der Waals surface area contributed by atoms with Gasteiger partial charge < -0.3 is 19.8 Å². The van der Waals surface area contributed by atoms with Crippen molar-refractivity contribution in [3.05, 3.63) is 60.2 Å². The van der Waals surface area contributed by atoms with Crippen LogP contribution in [0.5, 0.6) is 0 Å². The van der Waals surface area contributed by atoms with E-state index in [1.54, 1.807) is 24.3 Å². The molecule has 0 aliphatic carbocycles. The van der Waals surface area contributed by atoms with Crippen LogP contribution in [0.15, 0.2) is 54.6 Å². The van der Waals surface area contributed by atoms with E-state index < -0.39 is 26.2 Å². The molecule has 8 nitrogen and oxygen atoms in total. The fourth-order valence-corrected chi connectivity index (χ4v) is 11.1. The van der Waals surface area contributed by atoms with Gasteiger partial charge in [0.1, 0.15) is 25.8 Å². The van der Waals surface area contributed by atoms with Gasteiger partial charge in [0.05, 0.1) is 17.9 Å². The second kappa shape index (κ2) is 12.7. The number of rotatable bonds is 10. The van der Waals surface area contributed by atoms with E-state index in [9.17, 15) is 14.4 Å². The average molecular weight is 540 g/mol. The zero-order valence-corrected chi connectivity index (χ0v) is 24.3. The van der Waals surface area contributed by atoms with Gasteiger partial charge in [0.15, 0.2) is 0 Å². The van der Waals surface area contributed by atoms with Crippen molar-refractivity contribution in [2.45, 2.75) is 70.8 Å². The maximum Gasteiger partial charge on any atom is 0.326 e. The molecule has 2 amide bonds. The Morgan fingerprint density at radius 3 is 2.05 bits per heavy atom. The van der Waals surface area contributed by atoms with Crippen LogP contribution >= 0.6 is 0 Å². The Hall–Kier alpha value is -3.01. The first-order chi connectivity index (χ1) is 18.0. The SMILES string of the molecule is CC(C)[Si](OCC(=O)N1C[C@H](N)C(=O)N(CC(=O)OCc2ccccc2)c2ccccc21)(C(C)C)C(C)C. The number of carbonyl (C=O) groups is 3. The largest absolute Gasteiger partial charge is 0.459 e. The summed E-state index contributed by atoms with van der Waals surface area (Å²) in [6, 6.07) is 15.4. The molecule has 0 saturated carbocycles. The molecule has 3 rings (SSSR count). The van der Waals surface area contributed by atoms with E-state index in [4.69, 9.17) is 14.9 Å². The van der Waals surface area contributed by atoms with Crippen molar-refractivity contribution in [3.63, 3.8) is 0 Å². The monoisotopic (exact) mass is 539 g/mol. The van der Waals surface area contributed by atoms with Crippen LogP contribution in [-0.2, 0) is 30.2 Å². The molecule has 0 aromatic heterocycles. The first-order valence-electron chi connectivity index (χ1n) is 13.3. The molecule has 1 aliphatic heterocycles. The minimum absolute atomic E-state index is 0.00675. The number of benzene rings is 2. The quantitative estimate of drug-likeness (QED) is 0.349. The summed E-state index contributed by atoms with van der Waals surface area (Å²) in [5.41, 5.74) is 9.06. The van der Waals surface area contributed by atoms with Crippen molar-refractivity contribution in [2.24, 2.45) is 5.73 Å². The van der Waals surface area contributed by atoms with E-state index in [1.165, 1.54) is 9.80 Å². The molecule has 0 fully saturated rings. The third-order valence-electron chi connectivity index (χ3n) is 7.41. The minimum atomic E-state index is -2.28. The highest BCUT2D eigenvalue weighted by Gasteiger charge is 2.46. The van der Waals surface area contributed by atoms with Crippen LogP contribution in [0, 0.1) is 0 Å². The number of para-hydroxylation sites is 2. The summed E-state index contributed by atoms with van der Waals surface area (Å²) in [6.07, 6.45) is 0. The lowest BCUT2D eigenvalue weighted by atomic mass is 10.2. The van der Waals surface area contributed by atoms with Crippen LogP contribution in [0.25, 0.3) is 0 Å². The van der Waals surface area contributed by atoms with Gasteiger partial charge in [-0.3, -0.25) is 19.3 Å². The highest BCUT2D eigenvalue weighted by atomic mass is 28.4. The zero-order valence-electron chi connectivity index (χ0n) is 23.3. The van der Waals surface area contributed by atoms with Gasteiger partial charge in [-0.1, -0.05) is 84.0 Å². The fourth-order valence-electron chi connectivity index (χ4n) is 5.69. The molecule has 0 radical (unpaired) electrons. The van der Waals surface area contributed by atoms with Gasteiger partial charge in [-0.05, 0) is 34.3 Å². The lowest BCUT2D eigenvalue weighted by Gasteiger charge is -2.42. The summed E-state index contributed by atoms with van der Waals surface area (Å²) in [6.45, 7) is 12.7. The average Bonchev–Trinajstić information content (AvgIpc) is 2.98. The van der Waals surface area contributed by atoms with Gasteiger partial charge in [0.25, 0.3) is 5.91 Å². The van der Waals surface area contributed by atoms with E-state index in [2.05, 4.69) is 41.5 Å². The van der Waals surface area contributed by atoms with Crippen molar-refractivity contribution >= 4 is 37.5 Å². The molecule has 0 spiro atoms. The van der Waals surface area contributed by atoms with Crippen LogP contribution in [0.3, 0.4) is 0 Å². The summed E-state index contributed by atoms with van der Waals surface area (Å²) >= 11 is 0. The molecule has 1 atom stereocenters.